The van der Waals surface area contributed by atoms with E-state index >= 15 is 0 Å². The van der Waals surface area contributed by atoms with E-state index in [1.807, 2.05) is 6.07 Å². The number of carbonyl (C=O) groups excluding carboxylic acids is 2. The average molecular weight is 458 g/mol. The van der Waals surface area contributed by atoms with Crippen molar-refractivity contribution in [3.63, 3.8) is 0 Å². The Labute approximate surface area is 193 Å². The van der Waals surface area contributed by atoms with Crippen molar-refractivity contribution in [1.82, 2.24) is 5.32 Å². The lowest BCUT2D eigenvalue weighted by Crippen LogP contribution is -2.40. The van der Waals surface area contributed by atoms with Crippen LogP contribution in [0.5, 0.6) is 0 Å². The second-order valence-corrected chi connectivity index (χ2v) is 9.24. The fourth-order valence-corrected chi connectivity index (χ4v) is 4.68. The van der Waals surface area contributed by atoms with Gasteiger partial charge in [-0.2, -0.15) is 11.8 Å². The average Bonchev–Trinajstić information content (AvgIpc) is 2.80. The van der Waals surface area contributed by atoms with Crippen molar-refractivity contribution in [2.45, 2.75) is 51.3 Å². The minimum absolute atomic E-state index is 0.117. The Kier molecular flexibility index (Phi) is 8.97. The number of hydrogen-bond donors (Lipinski definition) is 3. The third-order valence-electron chi connectivity index (χ3n) is 5.75. The highest BCUT2D eigenvalue weighted by Gasteiger charge is 2.26. The molecule has 1 aliphatic heterocycles. The number of fused-ring (bicyclic) bond motifs is 1. The number of amides is 2. The van der Waals surface area contributed by atoms with E-state index < -0.39 is 0 Å². The Balaban J connectivity index is 1.53. The molecule has 1 heterocycles. The predicted octanol–water partition coefficient (Wildman–Crippen LogP) is 5.44. The van der Waals surface area contributed by atoms with E-state index in [-0.39, 0.29) is 23.7 Å². The van der Waals surface area contributed by atoms with Gasteiger partial charge in [0.2, 0.25) is 5.91 Å². The zero-order valence-electron chi connectivity index (χ0n) is 18.7. The summed E-state index contributed by atoms with van der Waals surface area (Å²) < 4.78 is 13.0. The van der Waals surface area contributed by atoms with Crippen LogP contribution < -0.4 is 16.0 Å². The van der Waals surface area contributed by atoms with Crippen molar-refractivity contribution in [2.24, 2.45) is 5.92 Å². The van der Waals surface area contributed by atoms with Gasteiger partial charge in [-0.15, -0.1) is 0 Å². The van der Waals surface area contributed by atoms with Gasteiger partial charge in [-0.1, -0.05) is 45.2 Å². The molecule has 2 amide bonds. The van der Waals surface area contributed by atoms with Gasteiger partial charge in [0.05, 0.1) is 11.4 Å². The molecule has 2 aromatic rings. The van der Waals surface area contributed by atoms with Crippen LogP contribution in [0.4, 0.5) is 15.8 Å². The number of thioether (sulfide) groups is 1. The van der Waals surface area contributed by atoms with Crippen LogP contribution in [0, 0.1) is 11.7 Å². The predicted molar refractivity (Wildman–Crippen MR) is 131 cm³/mol. The van der Waals surface area contributed by atoms with Gasteiger partial charge in [0.1, 0.15) is 11.9 Å². The number of rotatable bonds is 11. The lowest BCUT2D eigenvalue weighted by molar-refractivity contribution is -0.116. The maximum Gasteiger partial charge on any atom is 0.251 e. The van der Waals surface area contributed by atoms with E-state index in [0.717, 1.165) is 30.5 Å². The summed E-state index contributed by atoms with van der Waals surface area (Å²) in [4.78, 5) is 25.1. The van der Waals surface area contributed by atoms with E-state index in [1.54, 1.807) is 36.0 Å². The first-order chi connectivity index (χ1) is 15.5. The summed E-state index contributed by atoms with van der Waals surface area (Å²) in [6.07, 6.45) is 4.50. The Morgan fingerprint density at radius 3 is 2.66 bits per heavy atom. The summed E-state index contributed by atoms with van der Waals surface area (Å²) in [5.74, 6) is 1.29. The zero-order chi connectivity index (χ0) is 22.9. The van der Waals surface area contributed by atoms with Crippen LogP contribution in [0.3, 0.4) is 0 Å². The monoisotopic (exact) mass is 457 g/mol. The molecule has 3 N–H and O–H groups in total. The number of hydrogen-bond acceptors (Lipinski definition) is 4. The lowest BCUT2D eigenvalue weighted by atomic mass is 9.99. The Morgan fingerprint density at radius 1 is 1.16 bits per heavy atom. The van der Waals surface area contributed by atoms with Gasteiger partial charge >= 0.3 is 0 Å². The van der Waals surface area contributed by atoms with E-state index in [1.165, 1.54) is 18.6 Å². The van der Waals surface area contributed by atoms with Crippen LogP contribution in [0.2, 0.25) is 0 Å². The van der Waals surface area contributed by atoms with Crippen LogP contribution in [0.15, 0.2) is 42.5 Å². The molecule has 3 rings (SSSR count). The van der Waals surface area contributed by atoms with E-state index in [4.69, 9.17) is 0 Å². The Morgan fingerprint density at radius 2 is 1.94 bits per heavy atom. The first-order valence-corrected chi connectivity index (χ1v) is 12.5. The molecule has 0 radical (unpaired) electrons. The van der Waals surface area contributed by atoms with Crippen LogP contribution >= 0.6 is 11.8 Å². The summed E-state index contributed by atoms with van der Waals surface area (Å²) in [6, 6.07) is 11.4. The van der Waals surface area contributed by atoms with Gasteiger partial charge in [-0.05, 0) is 48.2 Å². The molecule has 0 bridgehead atoms. The van der Waals surface area contributed by atoms with Crippen LogP contribution in [-0.4, -0.2) is 30.2 Å². The fourth-order valence-electron chi connectivity index (χ4n) is 3.66. The summed E-state index contributed by atoms with van der Waals surface area (Å²) >= 11 is 1.61. The third-order valence-corrected chi connectivity index (χ3v) is 6.85. The van der Waals surface area contributed by atoms with Crippen molar-refractivity contribution in [2.75, 3.05) is 22.9 Å². The van der Waals surface area contributed by atoms with Gasteiger partial charge in [0.15, 0.2) is 0 Å². The van der Waals surface area contributed by atoms with Gasteiger partial charge < -0.3 is 16.0 Å². The normalized spacial score (nSPS) is 16.0. The number of unbranched alkanes of at least 4 members (excludes halogenated alkanes) is 1. The molecule has 7 heteroatoms. The molecular formula is C25H32FN3O2S. The topological polar surface area (TPSA) is 70.2 Å². The number of carbonyl (C=O) groups is 2. The molecule has 0 unspecified atom stereocenters. The standard InChI is InChI=1S/C25H32FN3O2S/c1-3-5-6-17(4-2)14-27-24(30)19-9-12-21-22(13-19)29-25(31)23(28-21)16-32-15-18-7-10-20(26)11-8-18/h7-13,17,23,28H,3-6,14-16H2,1-2H3,(H,27,30)(H,29,31)/t17-,23-/m0/s1. The molecule has 2 aromatic carbocycles. The number of benzene rings is 2. The van der Waals surface area contributed by atoms with Crippen LogP contribution in [-0.2, 0) is 10.5 Å². The molecule has 0 aromatic heterocycles. The molecule has 32 heavy (non-hydrogen) atoms. The summed E-state index contributed by atoms with van der Waals surface area (Å²) in [6.45, 7) is 5.00. The minimum atomic E-state index is -0.364. The van der Waals surface area contributed by atoms with Crippen molar-refractivity contribution in [3.8, 4) is 0 Å². The Hall–Kier alpha value is -2.54. The summed E-state index contributed by atoms with van der Waals surface area (Å²) in [7, 11) is 0. The number of anilines is 2. The van der Waals surface area contributed by atoms with Crippen LogP contribution in [0.1, 0.15) is 55.5 Å². The van der Waals surface area contributed by atoms with Crippen molar-refractivity contribution >= 4 is 35.0 Å². The highest BCUT2D eigenvalue weighted by atomic mass is 32.2. The highest BCUT2D eigenvalue weighted by molar-refractivity contribution is 7.98. The van der Waals surface area contributed by atoms with Crippen LogP contribution in [0.25, 0.3) is 0 Å². The van der Waals surface area contributed by atoms with E-state index in [0.29, 0.717) is 35.2 Å². The van der Waals surface area contributed by atoms with E-state index in [2.05, 4.69) is 29.8 Å². The number of halogens is 1. The number of nitrogens with one attached hydrogen (secondary N) is 3. The highest BCUT2D eigenvalue weighted by Crippen LogP contribution is 2.29. The first-order valence-electron chi connectivity index (χ1n) is 11.3. The maximum atomic E-state index is 13.0. The Bertz CT molecular complexity index is 920. The van der Waals surface area contributed by atoms with Crippen molar-refractivity contribution in [1.29, 1.82) is 0 Å². The molecule has 0 spiro atoms. The lowest BCUT2D eigenvalue weighted by Gasteiger charge is -2.27. The molecule has 0 fully saturated rings. The molecule has 172 valence electrons. The molecule has 0 saturated carbocycles. The molecular weight excluding hydrogens is 425 g/mol. The SMILES string of the molecule is CCCC[C@H](CC)CNC(=O)c1ccc2c(c1)NC(=O)[C@H](CSCc1ccc(F)cc1)N2. The minimum Gasteiger partial charge on any atom is -0.371 e. The van der Waals surface area contributed by atoms with Gasteiger partial charge in [-0.25, -0.2) is 4.39 Å². The molecule has 0 aliphatic carbocycles. The smallest absolute Gasteiger partial charge is 0.251 e. The molecule has 0 saturated heterocycles. The second kappa shape index (κ2) is 11.9. The van der Waals surface area contributed by atoms with Gasteiger partial charge in [-0.3, -0.25) is 9.59 Å². The second-order valence-electron chi connectivity index (χ2n) is 8.21. The third kappa shape index (κ3) is 6.73. The van der Waals surface area contributed by atoms with Gasteiger partial charge in [0.25, 0.3) is 5.91 Å². The van der Waals surface area contributed by atoms with Crippen molar-refractivity contribution < 1.29 is 14.0 Å². The maximum absolute atomic E-state index is 13.0. The fraction of sp³-hybridized carbons (Fsp3) is 0.440. The van der Waals surface area contributed by atoms with E-state index in [9.17, 15) is 14.0 Å². The van der Waals surface area contributed by atoms with Crippen molar-refractivity contribution in [3.05, 3.63) is 59.4 Å². The summed E-state index contributed by atoms with van der Waals surface area (Å²) in [5, 5.41) is 9.22. The first kappa shape index (κ1) is 24.1. The largest absolute Gasteiger partial charge is 0.371 e. The quantitative estimate of drug-likeness (QED) is 0.420. The summed E-state index contributed by atoms with van der Waals surface area (Å²) in [5.41, 5.74) is 2.99. The molecule has 5 nitrogen and oxygen atoms in total. The van der Waals surface area contributed by atoms with Gasteiger partial charge in [0, 0.05) is 23.6 Å². The molecule has 1 aliphatic rings. The molecule has 2 atom stereocenters. The zero-order valence-corrected chi connectivity index (χ0v) is 19.6.